The highest BCUT2D eigenvalue weighted by Gasteiger charge is 2.48. The Kier molecular flexibility index (Phi) is 3.69. The lowest BCUT2D eigenvalue weighted by molar-refractivity contribution is -0.141. The molecule has 108 valence electrons. The molecule has 1 aromatic rings. The van der Waals surface area contributed by atoms with Gasteiger partial charge in [-0.3, -0.25) is 4.79 Å². The Bertz CT molecular complexity index is 547. The average Bonchev–Trinajstić information content (AvgIpc) is 3.01. The van der Waals surface area contributed by atoms with Gasteiger partial charge in [-0.05, 0) is 25.2 Å². The number of thiazole rings is 1. The van der Waals surface area contributed by atoms with Crippen molar-refractivity contribution in [1.82, 2.24) is 9.88 Å². The number of carboxylic acids is 1. The fraction of sp³-hybridized carbons (Fsp3) is 0.615. The molecule has 0 unspecified atom stereocenters. The molecule has 7 heteroatoms. The fourth-order valence-electron chi connectivity index (χ4n) is 3.46. The molecule has 3 atom stereocenters. The summed E-state index contributed by atoms with van der Waals surface area (Å²) >= 11 is 7.09. The lowest BCUT2D eigenvalue weighted by Crippen LogP contribution is -2.46. The predicted molar refractivity (Wildman–Crippen MR) is 75.1 cm³/mol. The normalized spacial score (nSPS) is 29.2. The van der Waals surface area contributed by atoms with Gasteiger partial charge in [-0.25, -0.2) is 9.78 Å². The number of carboxylic acid groups (broad SMARTS) is 1. The zero-order valence-corrected chi connectivity index (χ0v) is 12.4. The van der Waals surface area contributed by atoms with E-state index in [-0.39, 0.29) is 17.1 Å². The first-order valence-electron chi connectivity index (χ1n) is 6.74. The lowest BCUT2D eigenvalue weighted by atomic mass is 9.85. The topological polar surface area (TPSA) is 70.5 Å². The van der Waals surface area contributed by atoms with Crippen LogP contribution in [-0.4, -0.2) is 39.0 Å². The van der Waals surface area contributed by atoms with Crippen molar-refractivity contribution in [3.63, 3.8) is 0 Å². The molecule has 2 fully saturated rings. The number of hydrogen-bond donors (Lipinski definition) is 1. The maximum absolute atomic E-state index is 12.6. The van der Waals surface area contributed by atoms with Crippen molar-refractivity contribution in [2.24, 2.45) is 5.92 Å². The van der Waals surface area contributed by atoms with Gasteiger partial charge in [0.15, 0.2) is 5.15 Å². The average molecular weight is 315 g/mol. The van der Waals surface area contributed by atoms with Crippen molar-refractivity contribution in [2.75, 3.05) is 0 Å². The molecular formula is C13H15ClN2O3S. The van der Waals surface area contributed by atoms with Gasteiger partial charge < -0.3 is 10.0 Å². The van der Waals surface area contributed by atoms with Gasteiger partial charge in [0.25, 0.3) is 5.91 Å². The Balaban J connectivity index is 1.93. The maximum atomic E-state index is 12.6. The highest BCUT2D eigenvalue weighted by atomic mass is 35.5. The van der Waals surface area contributed by atoms with Gasteiger partial charge in [-0.2, -0.15) is 0 Å². The van der Waals surface area contributed by atoms with Gasteiger partial charge >= 0.3 is 5.97 Å². The van der Waals surface area contributed by atoms with E-state index < -0.39 is 12.0 Å². The van der Waals surface area contributed by atoms with E-state index in [2.05, 4.69) is 4.98 Å². The summed E-state index contributed by atoms with van der Waals surface area (Å²) in [6.07, 6.45) is 4.62. The Morgan fingerprint density at radius 2 is 2.15 bits per heavy atom. The molecule has 0 aromatic carbocycles. The number of fused-ring (bicyclic) bond motifs is 1. The molecule has 0 bridgehead atoms. The van der Waals surface area contributed by atoms with Crippen LogP contribution >= 0.6 is 22.9 Å². The van der Waals surface area contributed by atoms with E-state index in [1.807, 2.05) is 0 Å². The summed E-state index contributed by atoms with van der Waals surface area (Å²) in [5.41, 5.74) is 1.51. The fourth-order valence-corrected chi connectivity index (χ4v) is 4.40. The summed E-state index contributed by atoms with van der Waals surface area (Å²) in [6.45, 7) is 0. The number of carbonyl (C=O) groups is 2. The molecule has 1 saturated heterocycles. The summed E-state index contributed by atoms with van der Waals surface area (Å²) in [7, 11) is 0. The number of aromatic nitrogens is 1. The zero-order chi connectivity index (χ0) is 14.3. The van der Waals surface area contributed by atoms with Gasteiger partial charge in [0.05, 0.1) is 5.51 Å². The number of likely N-dealkylation sites (tertiary alicyclic amines) is 1. The summed E-state index contributed by atoms with van der Waals surface area (Å²) in [4.78, 5) is 29.9. The number of rotatable bonds is 2. The van der Waals surface area contributed by atoms with Crippen LogP contribution < -0.4 is 0 Å². The Morgan fingerprint density at radius 3 is 2.80 bits per heavy atom. The molecule has 0 spiro atoms. The quantitative estimate of drug-likeness (QED) is 0.911. The van der Waals surface area contributed by atoms with Crippen LogP contribution in [0.1, 0.15) is 41.8 Å². The summed E-state index contributed by atoms with van der Waals surface area (Å²) in [6, 6.07) is -0.690. The van der Waals surface area contributed by atoms with Gasteiger partial charge in [-0.15, -0.1) is 11.3 Å². The standard InChI is InChI=1S/C13H15ClN2O3S/c14-11-10(20-6-15-11)12(17)16-8-4-2-1-3-7(8)5-9(16)13(18)19/h6-9H,1-5H2,(H,18,19)/t7-,8-,9+/m1/s1. The van der Waals surface area contributed by atoms with E-state index in [1.54, 1.807) is 4.90 Å². The highest BCUT2D eigenvalue weighted by molar-refractivity contribution is 7.12. The number of hydrogen-bond acceptors (Lipinski definition) is 4. The monoisotopic (exact) mass is 314 g/mol. The molecule has 20 heavy (non-hydrogen) atoms. The number of nitrogens with zero attached hydrogens (tertiary/aromatic N) is 2. The minimum atomic E-state index is -0.923. The number of halogens is 1. The van der Waals surface area contributed by atoms with Gasteiger partial charge in [0.1, 0.15) is 10.9 Å². The second-order valence-electron chi connectivity index (χ2n) is 5.39. The van der Waals surface area contributed by atoms with Crippen molar-refractivity contribution in [3.8, 4) is 0 Å². The third-order valence-electron chi connectivity index (χ3n) is 4.33. The molecule has 3 rings (SSSR count). The van der Waals surface area contributed by atoms with Crippen molar-refractivity contribution in [1.29, 1.82) is 0 Å². The molecule has 2 aliphatic rings. The Labute approximate surface area is 125 Å². The molecular weight excluding hydrogens is 300 g/mol. The Hall–Kier alpha value is -1.14. The number of carbonyl (C=O) groups excluding carboxylic acids is 1. The molecule has 1 saturated carbocycles. The van der Waals surface area contributed by atoms with Crippen molar-refractivity contribution in [2.45, 2.75) is 44.2 Å². The largest absolute Gasteiger partial charge is 0.480 e. The summed E-state index contributed by atoms with van der Waals surface area (Å²) in [5.74, 6) is -0.895. The van der Waals surface area contributed by atoms with Crippen LogP contribution in [0.4, 0.5) is 0 Å². The second kappa shape index (κ2) is 5.33. The van der Waals surface area contributed by atoms with Gasteiger partial charge in [0, 0.05) is 6.04 Å². The molecule has 1 aromatic heterocycles. The van der Waals surface area contributed by atoms with Gasteiger partial charge in [-0.1, -0.05) is 24.4 Å². The minimum Gasteiger partial charge on any atom is -0.480 e. The van der Waals surface area contributed by atoms with Crippen molar-refractivity contribution >= 4 is 34.8 Å². The number of amides is 1. The first-order valence-corrected chi connectivity index (χ1v) is 8.00. The van der Waals surface area contributed by atoms with Gasteiger partial charge in [0.2, 0.25) is 0 Å². The zero-order valence-electron chi connectivity index (χ0n) is 10.8. The lowest BCUT2D eigenvalue weighted by Gasteiger charge is -2.32. The molecule has 5 nitrogen and oxygen atoms in total. The molecule has 0 radical (unpaired) electrons. The number of aliphatic carboxylic acids is 1. The molecule has 1 amide bonds. The highest BCUT2D eigenvalue weighted by Crippen LogP contribution is 2.41. The van der Waals surface area contributed by atoms with Crippen LogP contribution in [-0.2, 0) is 4.79 Å². The van der Waals surface area contributed by atoms with E-state index >= 15 is 0 Å². The van der Waals surface area contributed by atoms with Crippen LogP contribution in [0.2, 0.25) is 5.15 Å². The third-order valence-corrected chi connectivity index (χ3v) is 5.54. The van der Waals surface area contributed by atoms with Crippen molar-refractivity contribution in [3.05, 3.63) is 15.5 Å². The summed E-state index contributed by atoms with van der Waals surface area (Å²) in [5, 5.41) is 9.58. The van der Waals surface area contributed by atoms with Crippen LogP contribution in [0, 0.1) is 5.92 Å². The molecule has 1 aliphatic heterocycles. The third kappa shape index (κ3) is 2.20. The smallest absolute Gasteiger partial charge is 0.326 e. The van der Waals surface area contributed by atoms with Crippen LogP contribution in [0.5, 0.6) is 0 Å². The SMILES string of the molecule is O=C(O)[C@@H]1C[C@H]2CCCC[C@H]2N1C(=O)c1scnc1Cl. The van der Waals surface area contributed by atoms with Crippen molar-refractivity contribution < 1.29 is 14.7 Å². The van der Waals surface area contributed by atoms with E-state index in [0.29, 0.717) is 17.2 Å². The van der Waals surface area contributed by atoms with E-state index in [9.17, 15) is 14.7 Å². The first-order chi connectivity index (χ1) is 9.59. The van der Waals surface area contributed by atoms with Crippen LogP contribution in [0.3, 0.4) is 0 Å². The molecule has 2 heterocycles. The van der Waals surface area contributed by atoms with E-state index in [0.717, 1.165) is 25.7 Å². The van der Waals surface area contributed by atoms with E-state index in [4.69, 9.17) is 11.6 Å². The van der Waals surface area contributed by atoms with Crippen LogP contribution in [0.15, 0.2) is 5.51 Å². The summed E-state index contributed by atoms with van der Waals surface area (Å²) < 4.78 is 0. The molecule has 1 aliphatic carbocycles. The first kappa shape index (κ1) is 13.8. The second-order valence-corrected chi connectivity index (χ2v) is 6.60. The van der Waals surface area contributed by atoms with Crippen LogP contribution in [0.25, 0.3) is 0 Å². The Morgan fingerprint density at radius 1 is 1.40 bits per heavy atom. The maximum Gasteiger partial charge on any atom is 0.326 e. The molecule has 1 N–H and O–H groups in total. The van der Waals surface area contributed by atoms with E-state index in [1.165, 1.54) is 16.8 Å². The predicted octanol–water partition coefficient (Wildman–Crippen LogP) is 2.65. The minimum absolute atomic E-state index is 0.0375.